The average Bonchev–Trinajstić information content (AvgIpc) is 3.31. The molecule has 3 aromatic heterocycles. The lowest BCUT2D eigenvalue weighted by atomic mass is 9.81. The van der Waals surface area contributed by atoms with Gasteiger partial charge >= 0.3 is 0 Å². The molecule has 1 fully saturated rings. The second-order valence-electron chi connectivity index (χ2n) is 8.82. The Morgan fingerprint density at radius 2 is 1.79 bits per heavy atom. The summed E-state index contributed by atoms with van der Waals surface area (Å²) < 4.78 is 2.42. The summed E-state index contributed by atoms with van der Waals surface area (Å²) in [5, 5.41) is 33.2. The first-order valence-electron chi connectivity index (χ1n) is 11.3. The van der Waals surface area contributed by atoms with Crippen molar-refractivity contribution in [1.29, 1.82) is 0 Å². The number of nitrogen functional groups attached to an aromatic ring is 1. The molecule has 0 spiro atoms. The highest BCUT2D eigenvalue weighted by molar-refractivity contribution is 9.10. The van der Waals surface area contributed by atoms with Gasteiger partial charge in [-0.05, 0) is 71.8 Å². The van der Waals surface area contributed by atoms with Gasteiger partial charge in [-0.1, -0.05) is 6.07 Å². The van der Waals surface area contributed by atoms with Crippen LogP contribution in [0.2, 0.25) is 0 Å². The minimum atomic E-state index is -0.243. The maximum atomic E-state index is 9.81. The van der Waals surface area contributed by atoms with Crippen LogP contribution in [-0.4, -0.2) is 41.5 Å². The van der Waals surface area contributed by atoms with Gasteiger partial charge in [0, 0.05) is 41.0 Å². The molecular formula is C25H26BrN5O3. The summed E-state index contributed by atoms with van der Waals surface area (Å²) >= 11 is 3.64. The third-order valence-corrected chi connectivity index (χ3v) is 7.57. The summed E-state index contributed by atoms with van der Waals surface area (Å²) in [4.78, 5) is 9.58. The number of nitrogens with zero attached hydrogens (tertiary/aromatic N) is 4. The largest absolute Gasteiger partial charge is 0.508 e. The maximum absolute atomic E-state index is 9.81. The summed E-state index contributed by atoms with van der Waals surface area (Å²) in [6.45, 7) is -0.00347. The average molecular weight is 524 g/mol. The van der Waals surface area contributed by atoms with Gasteiger partial charge in [-0.25, -0.2) is 4.98 Å². The summed E-state index contributed by atoms with van der Waals surface area (Å²) in [5.41, 5.74) is 11.7. The van der Waals surface area contributed by atoms with Crippen molar-refractivity contribution >= 4 is 27.4 Å². The number of halogens is 1. The lowest BCUT2D eigenvalue weighted by molar-refractivity contribution is 0.181. The van der Waals surface area contributed by atoms with Crippen molar-refractivity contribution in [3.05, 3.63) is 58.5 Å². The van der Waals surface area contributed by atoms with E-state index in [-0.39, 0.29) is 24.9 Å². The first-order chi connectivity index (χ1) is 16.5. The van der Waals surface area contributed by atoms with Crippen LogP contribution in [0.25, 0.3) is 28.0 Å². The van der Waals surface area contributed by atoms with Gasteiger partial charge in [-0.15, -0.1) is 0 Å². The molecule has 1 aromatic carbocycles. The molecule has 1 aliphatic carbocycles. The molecule has 8 nitrogen and oxygen atoms in total. The number of nitrogens with two attached hydrogens (primary N) is 1. The number of pyridine rings is 1. The molecule has 34 heavy (non-hydrogen) atoms. The zero-order chi connectivity index (χ0) is 23.8. The van der Waals surface area contributed by atoms with Crippen molar-refractivity contribution in [3.63, 3.8) is 0 Å². The molecule has 9 heteroatoms. The molecule has 3 heterocycles. The predicted octanol–water partition coefficient (Wildman–Crippen LogP) is 4.27. The Morgan fingerprint density at radius 1 is 1.03 bits per heavy atom. The van der Waals surface area contributed by atoms with Crippen LogP contribution >= 0.6 is 15.9 Å². The number of rotatable bonds is 5. The maximum Gasteiger partial charge on any atom is 0.165 e. The second kappa shape index (κ2) is 9.32. The summed E-state index contributed by atoms with van der Waals surface area (Å²) in [6.07, 6.45) is 7.41. The molecule has 0 unspecified atom stereocenters. The van der Waals surface area contributed by atoms with Crippen LogP contribution in [0.15, 0.2) is 47.2 Å². The van der Waals surface area contributed by atoms with Gasteiger partial charge in [-0.2, -0.15) is 9.61 Å². The summed E-state index contributed by atoms with van der Waals surface area (Å²) in [6, 6.07) is 8.90. The van der Waals surface area contributed by atoms with Crippen LogP contribution in [0.3, 0.4) is 0 Å². The van der Waals surface area contributed by atoms with Gasteiger partial charge in [0.15, 0.2) is 5.65 Å². The Labute approximate surface area is 205 Å². The molecular weight excluding hydrogens is 498 g/mol. The number of anilines is 1. The van der Waals surface area contributed by atoms with Gasteiger partial charge in [0.25, 0.3) is 0 Å². The topological polar surface area (TPSA) is 130 Å². The molecule has 5 N–H and O–H groups in total. The van der Waals surface area contributed by atoms with E-state index in [1.165, 1.54) is 0 Å². The molecule has 0 atom stereocenters. The third-order valence-electron chi connectivity index (χ3n) is 6.76. The molecule has 0 aliphatic heterocycles. The van der Waals surface area contributed by atoms with Gasteiger partial charge in [0.05, 0.1) is 28.7 Å². The van der Waals surface area contributed by atoms with Crippen LogP contribution < -0.4 is 5.73 Å². The molecule has 0 radical (unpaired) electrons. The fourth-order valence-electron chi connectivity index (χ4n) is 4.70. The number of fused-ring (bicyclic) bond motifs is 1. The third kappa shape index (κ3) is 4.04. The van der Waals surface area contributed by atoms with Crippen LogP contribution in [0.1, 0.15) is 42.9 Å². The van der Waals surface area contributed by atoms with E-state index in [1.807, 2.05) is 12.1 Å². The molecule has 1 aliphatic rings. The van der Waals surface area contributed by atoms with Crippen molar-refractivity contribution < 1.29 is 15.3 Å². The number of hydrogen-bond acceptors (Lipinski definition) is 7. The first kappa shape index (κ1) is 22.8. The van der Waals surface area contributed by atoms with Crippen LogP contribution in [-0.2, 0) is 6.61 Å². The van der Waals surface area contributed by atoms with E-state index < -0.39 is 0 Å². The predicted molar refractivity (Wildman–Crippen MR) is 133 cm³/mol. The zero-order valence-electron chi connectivity index (χ0n) is 18.5. The molecule has 0 amide bonds. The van der Waals surface area contributed by atoms with E-state index in [2.05, 4.69) is 26.0 Å². The molecule has 5 rings (SSSR count). The van der Waals surface area contributed by atoms with Gasteiger partial charge < -0.3 is 21.1 Å². The molecule has 0 saturated heterocycles. The Balaban J connectivity index is 1.50. The number of aliphatic hydroxyl groups excluding tert-OH is 2. The Hall–Kier alpha value is -3.01. The lowest BCUT2D eigenvalue weighted by Crippen LogP contribution is -2.18. The normalized spacial score (nSPS) is 18.4. The molecule has 176 valence electrons. The van der Waals surface area contributed by atoms with Crippen molar-refractivity contribution in [2.45, 2.75) is 38.2 Å². The SMILES string of the molecule is Nc1c(Br)c([C@H]2CC[C@H](CO)CC2)nc2c(-c3ccc(-c4ccc(O)c(CO)c4)nc3)cnn12. The van der Waals surface area contributed by atoms with Gasteiger partial charge in [-0.3, -0.25) is 4.98 Å². The van der Waals surface area contributed by atoms with Gasteiger partial charge in [0.1, 0.15) is 11.6 Å². The highest BCUT2D eigenvalue weighted by atomic mass is 79.9. The Bertz CT molecular complexity index is 1330. The minimum Gasteiger partial charge on any atom is -0.508 e. The number of aliphatic hydroxyl groups is 2. The molecule has 1 saturated carbocycles. The van der Waals surface area contributed by atoms with E-state index in [1.54, 1.807) is 35.1 Å². The van der Waals surface area contributed by atoms with E-state index in [4.69, 9.17) is 10.7 Å². The quantitative estimate of drug-likeness (QED) is 0.307. The van der Waals surface area contributed by atoms with Crippen molar-refractivity contribution in [2.75, 3.05) is 12.3 Å². The monoisotopic (exact) mass is 523 g/mol. The molecule has 0 bridgehead atoms. The summed E-state index contributed by atoms with van der Waals surface area (Å²) in [5.74, 6) is 1.22. The lowest BCUT2D eigenvalue weighted by Gasteiger charge is -2.27. The van der Waals surface area contributed by atoms with Gasteiger partial charge in [0.2, 0.25) is 0 Å². The minimum absolute atomic E-state index is 0.0599. The van der Waals surface area contributed by atoms with E-state index in [9.17, 15) is 15.3 Å². The summed E-state index contributed by atoms with van der Waals surface area (Å²) in [7, 11) is 0. The number of phenols is 1. The number of aromatic nitrogens is 4. The van der Waals surface area contributed by atoms with Crippen LogP contribution in [0.5, 0.6) is 5.75 Å². The number of benzene rings is 1. The second-order valence-corrected chi connectivity index (χ2v) is 9.62. The number of aromatic hydroxyl groups is 1. The van der Waals surface area contributed by atoms with E-state index >= 15 is 0 Å². The first-order valence-corrected chi connectivity index (χ1v) is 12.1. The molecule has 4 aromatic rings. The highest BCUT2D eigenvalue weighted by Gasteiger charge is 2.27. The van der Waals surface area contributed by atoms with Crippen LogP contribution in [0, 0.1) is 5.92 Å². The fraction of sp³-hybridized carbons (Fsp3) is 0.320. The van der Waals surface area contributed by atoms with E-state index in [0.29, 0.717) is 22.9 Å². The Kier molecular flexibility index (Phi) is 6.24. The fourth-order valence-corrected chi connectivity index (χ4v) is 5.28. The standard InChI is InChI=1S/C25H26BrN5O3/c26-22-23(15-3-1-14(12-32)2-4-15)30-25-19(11-29-31(25)24(22)27)17-5-7-20(28-10-17)16-6-8-21(34)18(9-16)13-33/h5-11,14-15,32-34H,1-4,12-13,27H2/t14-,15-. The smallest absolute Gasteiger partial charge is 0.165 e. The van der Waals surface area contributed by atoms with Crippen molar-refractivity contribution in [2.24, 2.45) is 5.92 Å². The Morgan fingerprint density at radius 3 is 2.47 bits per heavy atom. The van der Waals surface area contributed by atoms with E-state index in [0.717, 1.165) is 58.2 Å². The van der Waals surface area contributed by atoms with Crippen molar-refractivity contribution in [1.82, 2.24) is 19.6 Å². The zero-order valence-corrected chi connectivity index (χ0v) is 20.1. The van der Waals surface area contributed by atoms with Crippen LogP contribution in [0.4, 0.5) is 5.82 Å². The van der Waals surface area contributed by atoms with Crippen molar-refractivity contribution in [3.8, 4) is 28.1 Å². The highest BCUT2D eigenvalue weighted by Crippen LogP contribution is 2.40. The number of hydrogen-bond donors (Lipinski definition) is 4.